The Labute approximate surface area is 86.9 Å². The van der Waals surface area contributed by atoms with Gasteiger partial charge < -0.3 is 16.2 Å². The number of amides is 2. The van der Waals surface area contributed by atoms with Gasteiger partial charge in [-0.05, 0) is 24.6 Å². The molecule has 0 saturated heterocycles. The second-order valence-corrected chi connectivity index (χ2v) is 3.17. The molecule has 0 fully saturated rings. The van der Waals surface area contributed by atoms with Gasteiger partial charge in [0.1, 0.15) is 0 Å². The van der Waals surface area contributed by atoms with Gasteiger partial charge in [-0.15, -0.1) is 0 Å². The number of primary amides is 1. The summed E-state index contributed by atoms with van der Waals surface area (Å²) in [5, 5.41) is 11.2. The molecule has 0 saturated carbocycles. The van der Waals surface area contributed by atoms with Crippen molar-refractivity contribution < 1.29 is 14.7 Å². The van der Waals surface area contributed by atoms with Crippen molar-refractivity contribution in [2.24, 2.45) is 5.73 Å². The quantitative estimate of drug-likeness (QED) is 0.700. The van der Waals surface area contributed by atoms with Crippen LogP contribution in [0.25, 0.3) is 0 Å². The molecule has 5 heteroatoms. The molecule has 80 valence electrons. The number of urea groups is 1. The van der Waals surface area contributed by atoms with Crippen molar-refractivity contribution in [3.05, 3.63) is 29.8 Å². The summed E-state index contributed by atoms with van der Waals surface area (Å²) in [4.78, 5) is 21.3. The fourth-order valence-corrected chi connectivity index (χ4v) is 1.17. The number of hydrogen-bond donors (Lipinski definition) is 3. The number of rotatable bonds is 3. The van der Waals surface area contributed by atoms with E-state index in [1.54, 1.807) is 31.2 Å². The highest BCUT2D eigenvalue weighted by molar-refractivity contribution is 5.88. The maximum Gasteiger partial charge on any atom is 0.316 e. The van der Waals surface area contributed by atoms with Gasteiger partial charge in [0.05, 0.1) is 5.92 Å². The SMILES string of the molecule is CC(C(=O)O)c1cccc(NC(N)=O)c1. The van der Waals surface area contributed by atoms with E-state index in [2.05, 4.69) is 5.32 Å². The number of carbonyl (C=O) groups excluding carboxylic acids is 1. The van der Waals surface area contributed by atoms with Gasteiger partial charge in [-0.1, -0.05) is 12.1 Å². The summed E-state index contributed by atoms with van der Waals surface area (Å²) in [5.41, 5.74) is 6.06. The molecule has 1 aromatic carbocycles. The van der Waals surface area contributed by atoms with Gasteiger partial charge in [0.25, 0.3) is 0 Å². The van der Waals surface area contributed by atoms with E-state index in [1.807, 2.05) is 0 Å². The minimum Gasteiger partial charge on any atom is -0.481 e. The molecule has 4 N–H and O–H groups in total. The summed E-state index contributed by atoms with van der Waals surface area (Å²) in [6.45, 7) is 1.58. The monoisotopic (exact) mass is 208 g/mol. The molecule has 0 aliphatic rings. The minimum absolute atomic E-state index is 0.494. The average molecular weight is 208 g/mol. The number of hydrogen-bond acceptors (Lipinski definition) is 2. The number of carboxylic acid groups (broad SMARTS) is 1. The van der Waals surface area contributed by atoms with Crippen LogP contribution in [0, 0.1) is 0 Å². The van der Waals surface area contributed by atoms with Crippen molar-refractivity contribution in [1.29, 1.82) is 0 Å². The molecule has 0 aromatic heterocycles. The molecule has 5 nitrogen and oxygen atoms in total. The zero-order valence-electron chi connectivity index (χ0n) is 8.23. The third-order valence-corrected chi connectivity index (χ3v) is 2.02. The number of nitrogens with two attached hydrogens (primary N) is 1. The van der Waals surface area contributed by atoms with Gasteiger partial charge in [0, 0.05) is 5.69 Å². The first-order chi connectivity index (χ1) is 7.00. The van der Waals surface area contributed by atoms with Crippen LogP contribution in [0.1, 0.15) is 18.4 Å². The summed E-state index contributed by atoms with van der Waals surface area (Å²) >= 11 is 0. The molecule has 1 atom stereocenters. The molecule has 0 radical (unpaired) electrons. The van der Waals surface area contributed by atoms with Crippen molar-refractivity contribution in [2.75, 3.05) is 5.32 Å². The Morgan fingerprint density at radius 2 is 2.13 bits per heavy atom. The lowest BCUT2D eigenvalue weighted by molar-refractivity contribution is -0.138. The van der Waals surface area contributed by atoms with E-state index >= 15 is 0 Å². The first-order valence-corrected chi connectivity index (χ1v) is 4.40. The van der Waals surface area contributed by atoms with Crippen LogP contribution in [0.15, 0.2) is 24.3 Å². The Morgan fingerprint density at radius 3 is 2.67 bits per heavy atom. The molecular formula is C10H12N2O3. The second kappa shape index (κ2) is 4.45. The van der Waals surface area contributed by atoms with E-state index in [-0.39, 0.29) is 0 Å². The van der Waals surface area contributed by atoms with Gasteiger partial charge >= 0.3 is 12.0 Å². The van der Waals surface area contributed by atoms with Crippen LogP contribution < -0.4 is 11.1 Å². The fraction of sp³-hybridized carbons (Fsp3) is 0.200. The smallest absolute Gasteiger partial charge is 0.316 e. The molecule has 0 bridgehead atoms. The predicted octanol–water partition coefficient (Wildman–Crippen LogP) is 1.37. The molecule has 0 aliphatic carbocycles. The average Bonchev–Trinajstić information content (AvgIpc) is 2.16. The largest absolute Gasteiger partial charge is 0.481 e. The molecule has 1 unspecified atom stereocenters. The first kappa shape index (κ1) is 11.0. The zero-order valence-corrected chi connectivity index (χ0v) is 8.23. The molecule has 0 aliphatic heterocycles. The molecule has 0 heterocycles. The van der Waals surface area contributed by atoms with E-state index in [4.69, 9.17) is 10.8 Å². The summed E-state index contributed by atoms with van der Waals surface area (Å²) < 4.78 is 0. The van der Waals surface area contributed by atoms with E-state index in [0.717, 1.165) is 0 Å². The molecule has 1 aromatic rings. The van der Waals surface area contributed by atoms with Crippen molar-refractivity contribution in [1.82, 2.24) is 0 Å². The topological polar surface area (TPSA) is 92.4 Å². The third-order valence-electron chi connectivity index (χ3n) is 2.02. The molecule has 15 heavy (non-hydrogen) atoms. The van der Waals surface area contributed by atoms with Crippen LogP contribution in [0.4, 0.5) is 10.5 Å². The van der Waals surface area contributed by atoms with Crippen molar-refractivity contribution in [2.45, 2.75) is 12.8 Å². The number of carboxylic acids is 1. The Kier molecular flexibility index (Phi) is 3.28. The van der Waals surface area contributed by atoms with Crippen LogP contribution in [-0.4, -0.2) is 17.1 Å². The van der Waals surface area contributed by atoms with E-state index in [0.29, 0.717) is 11.3 Å². The summed E-state index contributed by atoms with van der Waals surface area (Å²) in [5.74, 6) is -1.52. The second-order valence-electron chi connectivity index (χ2n) is 3.17. The number of anilines is 1. The zero-order chi connectivity index (χ0) is 11.4. The lowest BCUT2D eigenvalue weighted by atomic mass is 10.0. The van der Waals surface area contributed by atoms with E-state index < -0.39 is 17.9 Å². The minimum atomic E-state index is -0.911. The Morgan fingerprint density at radius 1 is 1.47 bits per heavy atom. The highest BCUT2D eigenvalue weighted by Crippen LogP contribution is 2.19. The van der Waals surface area contributed by atoms with Crippen molar-refractivity contribution in [3.63, 3.8) is 0 Å². The van der Waals surface area contributed by atoms with Gasteiger partial charge in [-0.3, -0.25) is 4.79 Å². The van der Waals surface area contributed by atoms with Gasteiger partial charge in [-0.25, -0.2) is 4.79 Å². The first-order valence-electron chi connectivity index (χ1n) is 4.40. The number of benzene rings is 1. The predicted molar refractivity (Wildman–Crippen MR) is 55.7 cm³/mol. The molecular weight excluding hydrogens is 196 g/mol. The van der Waals surface area contributed by atoms with Crippen LogP contribution in [0.3, 0.4) is 0 Å². The maximum atomic E-state index is 10.7. The van der Waals surface area contributed by atoms with Gasteiger partial charge in [0.2, 0.25) is 0 Å². The summed E-state index contributed by atoms with van der Waals surface area (Å²) in [6.07, 6.45) is 0. The highest BCUT2D eigenvalue weighted by atomic mass is 16.4. The number of carbonyl (C=O) groups is 2. The van der Waals surface area contributed by atoms with Gasteiger partial charge in [-0.2, -0.15) is 0 Å². The third kappa shape index (κ3) is 2.98. The Hall–Kier alpha value is -2.04. The normalized spacial score (nSPS) is 11.8. The molecule has 0 spiro atoms. The maximum absolute atomic E-state index is 10.7. The molecule has 1 rings (SSSR count). The summed E-state index contributed by atoms with van der Waals surface area (Å²) in [7, 11) is 0. The summed E-state index contributed by atoms with van der Waals surface area (Å²) in [6, 6.07) is 5.91. The van der Waals surface area contributed by atoms with E-state index in [9.17, 15) is 9.59 Å². The number of nitrogens with one attached hydrogen (secondary N) is 1. The molecule has 2 amide bonds. The number of aliphatic carboxylic acids is 1. The lowest BCUT2D eigenvalue weighted by Crippen LogP contribution is -2.19. The van der Waals surface area contributed by atoms with Crippen LogP contribution in [0.5, 0.6) is 0 Å². The van der Waals surface area contributed by atoms with Crippen LogP contribution >= 0.6 is 0 Å². The Bertz CT molecular complexity index is 390. The Balaban J connectivity index is 2.92. The highest BCUT2D eigenvalue weighted by Gasteiger charge is 2.13. The fourth-order valence-electron chi connectivity index (χ4n) is 1.17. The van der Waals surface area contributed by atoms with Gasteiger partial charge in [0.15, 0.2) is 0 Å². The van der Waals surface area contributed by atoms with Crippen LogP contribution in [-0.2, 0) is 4.79 Å². The standard InChI is InChI=1S/C10H12N2O3/c1-6(9(13)14)7-3-2-4-8(5-7)12-10(11)15/h2-6H,1H3,(H,13,14)(H3,11,12,15). The lowest BCUT2D eigenvalue weighted by Gasteiger charge is -2.08. The van der Waals surface area contributed by atoms with Crippen molar-refractivity contribution in [3.8, 4) is 0 Å². The van der Waals surface area contributed by atoms with Crippen molar-refractivity contribution >= 4 is 17.7 Å². The van der Waals surface area contributed by atoms with E-state index in [1.165, 1.54) is 0 Å². The van der Waals surface area contributed by atoms with Crippen LogP contribution in [0.2, 0.25) is 0 Å².